The molecule has 13 aromatic rings. The Morgan fingerprint density at radius 1 is 0.395 bits per heavy atom. The van der Waals surface area contributed by atoms with Crippen molar-refractivity contribution in [3.05, 3.63) is 242 Å². The van der Waals surface area contributed by atoms with Crippen molar-refractivity contribution in [3.8, 4) is 39.1 Å². The largest absolute Gasteiger partial charge is 0.339 e. The van der Waals surface area contributed by atoms with Crippen LogP contribution in [0.25, 0.3) is 104 Å². The minimum absolute atomic E-state index is 0.210. The predicted molar refractivity (Wildman–Crippen MR) is 325 cm³/mol. The van der Waals surface area contributed by atoms with Gasteiger partial charge in [0.1, 0.15) is 0 Å². The van der Waals surface area contributed by atoms with Gasteiger partial charge in [-0.15, -0.1) is 0 Å². The number of unbranched alkanes of at least 4 members (excludes halogenated alkanes) is 2. The van der Waals surface area contributed by atoms with E-state index in [0.717, 1.165) is 56.4 Å². The van der Waals surface area contributed by atoms with Crippen molar-refractivity contribution in [2.75, 3.05) is 4.90 Å². The lowest BCUT2D eigenvalue weighted by atomic mass is 9.70. The Kier molecular flexibility index (Phi) is 11.2. The van der Waals surface area contributed by atoms with Gasteiger partial charge in [-0.05, 0) is 141 Å². The predicted octanol–water partition coefficient (Wildman–Crippen LogP) is 20.7. The number of anilines is 3. The highest BCUT2D eigenvalue weighted by molar-refractivity contribution is 6.17. The summed E-state index contributed by atoms with van der Waals surface area (Å²) in [6, 6.07) is 87.1. The van der Waals surface area contributed by atoms with Gasteiger partial charge >= 0.3 is 0 Å². The molecule has 0 unspecified atom stereocenters. The molecule has 14 rings (SSSR count). The van der Waals surface area contributed by atoms with E-state index in [1.54, 1.807) is 0 Å². The number of fused-ring (bicyclic) bond motifs is 12. The molecule has 0 saturated heterocycles. The summed E-state index contributed by atoms with van der Waals surface area (Å²) in [5.74, 6) is 0. The van der Waals surface area contributed by atoms with Crippen LogP contribution >= 0.6 is 0 Å². The second kappa shape index (κ2) is 18.6. The first kappa shape index (κ1) is 45.9. The number of hydrogen-bond donors (Lipinski definition) is 0. The number of aromatic nitrogens is 2. The number of aryl methyl sites for hydroxylation is 1. The Labute approximate surface area is 445 Å². The highest BCUT2D eigenvalue weighted by Gasteiger charge is 2.44. The van der Waals surface area contributed by atoms with Gasteiger partial charge < -0.3 is 14.0 Å². The van der Waals surface area contributed by atoms with Crippen molar-refractivity contribution < 1.29 is 0 Å². The Hall–Kier alpha value is -8.66. The molecule has 0 atom stereocenters. The van der Waals surface area contributed by atoms with Crippen LogP contribution in [-0.2, 0) is 12.0 Å². The van der Waals surface area contributed by atoms with Crippen molar-refractivity contribution in [1.82, 2.24) is 9.13 Å². The molecule has 0 bridgehead atoms. The first-order valence-corrected chi connectivity index (χ1v) is 27.8. The summed E-state index contributed by atoms with van der Waals surface area (Å²) in [6.07, 6.45) is 6.71. The molecule has 0 spiro atoms. The summed E-state index contributed by atoms with van der Waals surface area (Å²) in [4.78, 5) is 2.64. The number of benzene rings is 11. The first-order chi connectivity index (χ1) is 37.6. The van der Waals surface area contributed by atoms with E-state index in [1.165, 1.54) is 121 Å². The number of para-hydroxylation sites is 4. The van der Waals surface area contributed by atoms with Crippen molar-refractivity contribution in [1.29, 1.82) is 0 Å². The lowest BCUT2D eigenvalue weighted by Crippen LogP contribution is -2.26. The SMILES string of the molecule is CCCCC1(CCCC)c2cc(-c3ccc4ccccc4c3-c3ccccc3)ccc2-c2c1cc(N(c1ccc3c(c1)c1ccccc1n3-c1ccccc1)c1cccc3c4ccccc4n(CC)c13)c1ccccc21. The third-order valence-corrected chi connectivity index (χ3v) is 17.1. The van der Waals surface area contributed by atoms with Crippen LogP contribution in [0.1, 0.15) is 70.4 Å². The Morgan fingerprint density at radius 3 is 1.76 bits per heavy atom. The summed E-state index contributed by atoms with van der Waals surface area (Å²) >= 11 is 0. The smallest absolute Gasteiger partial charge is 0.0736 e. The maximum Gasteiger partial charge on any atom is 0.0736 e. The quantitative estimate of drug-likeness (QED) is 0.112. The standard InChI is InChI=1S/C73H61N3/c1-4-7-44-73(45-8-5-2)63-46-51(55-41-38-49-24-15-16-29-54(49)70(55)50-25-11-9-12-26-50)39-42-61(63)71-59-33-18-17-30-56(59)69(48-64(71)73)76(68-37-23-34-60-57-31-19-21-35-65(57)74(6-3)72(60)68)53-40-43-67-62(47-53)58-32-20-22-36-66(58)75(67)52-27-13-10-14-28-52/h9-43,46-48H,4-8,44-45H2,1-3H3. The van der Waals surface area contributed by atoms with Crippen molar-refractivity contribution >= 4 is 82.2 Å². The van der Waals surface area contributed by atoms with Gasteiger partial charge in [0.15, 0.2) is 0 Å². The molecule has 3 nitrogen and oxygen atoms in total. The van der Waals surface area contributed by atoms with E-state index in [4.69, 9.17) is 0 Å². The molecule has 0 aliphatic heterocycles. The molecule has 0 amide bonds. The monoisotopic (exact) mass is 979 g/mol. The van der Waals surface area contributed by atoms with Gasteiger partial charge in [0.2, 0.25) is 0 Å². The van der Waals surface area contributed by atoms with Crippen LogP contribution < -0.4 is 4.90 Å². The number of nitrogens with zero attached hydrogens (tertiary/aromatic N) is 3. The number of rotatable bonds is 13. The second-order valence-electron chi connectivity index (χ2n) is 21.1. The minimum Gasteiger partial charge on any atom is -0.339 e. The molecule has 0 radical (unpaired) electrons. The summed E-state index contributed by atoms with van der Waals surface area (Å²) in [6.45, 7) is 7.88. The lowest BCUT2D eigenvalue weighted by Gasteiger charge is -2.35. The Bertz CT molecular complexity index is 4360. The van der Waals surface area contributed by atoms with E-state index < -0.39 is 0 Å². The molecule has 2 aromatic heterocycles. The van der Waals surface area contributed by atoms with Gasteiger partial charge in [-0.3, -0.25) is 0 Å². The van der Waals surface area contributed by atoms with Crippen molar-refractivity contribution in [2.45, 2.75) is 71.3 Å². The Balaban J connectivity index is 1.07. The molecule has 0 saturated carbocycles. The third kappa shape index (κ3) is 7.02. The topological polar surface area (TPSA) is 13.1 Å². The highest BCUT2D eigenvalue weighted by atomic mass is 15.2. The Morgan fingerprint density at radius 2 is 1.01 bits per heavy atom. The fraction of sp³-hybridized carbons (Fsp3) is 0.151. The van der Waals surface area contributed by atoms with Crippen LogP contribution in [0.3, 0.4) is 0 Å². The van der Waals surface area contributed by atoms with Gasteiger partial charge in [0, 0.05) is 55.8 Å². The van der Waals surface area contributed by atoms with E-state index in [2.05, 4.69) is 265 Å². The summed E-state index contributed by atoms with van der Waals surface area (Å²) in [7, 11) is 0. The van der Waals surface area contributed by atoms with Crippen molar-refractivity contribution in [3.63, 3.8) is 0 Å². The van der Waals surface area contributed by atoms with Crippen LogP contribution in [0.15, 0.2) is 231 Å². The molecule has 76 heavy (non-hydrogen) atoms. The average Bonchev–Trinajstić information content (AvgIpc) is 4.28. The van der Waals surface area contributed by atoms with Crippen LogP contribution in [0.2, 0.25) is 0 Å². The van der Waals surface area contributed by atoms with Crippen LogP contribution in [0, 0.1) is 0 Å². The molecular formula is C73H61N3. The average molecular weight is 980 g/mol. The normalized spacial score (nSPS) is 12.9. The molecule has 2 heterocycles. The van der Waals surface area contributed by atoms with E-state index in [-0.39, 0.29) is 5.41 Å². The van der Waals surface area contributed by atoms with E-state index in [0.29, 0.717) is 0 Å². The molecule has 1 aliphatic carbocycles. The fourth-order valence-electron chi connectivity index (χ4n) is 13.7. The maximum atomic E-state index is 2.67. The van der Waals surface area contributed by atoms with Gasteiger partial charge in [0.25, 0.3) is 0 Å². The molecule has 3 heteroatoms. The van der Waals surface area contributed by atoms with E-state index in [1.807, 2.05) is 0 Å². The van der Waals surface area contributed by atoms with Crippen molar-refractivity contribution in [2.24, 2.45) is 0 Å². The molecule has 0 fully saturated rings. The lowest BCUT2D eigenvalue weighted by molar-refractivity contribution is 0.415. The fourth-order valence-corrected chi connectivity index (χ4v) is 13.7. The van der Waals surface area contributed by atoms with Gasteiger partial charge in [-0.2, -0.15) is 0 Å². The van der Waals surface area contributed by atoms with Gasteiger partial charge in [0.05, 0.1) is 27.9 Å². The highest BCUT2D eigenvalue weighted by Crippen LogP contribution is 2.60. The van der Waals surface area contributed by atoms with E-state index in [9.17, 15) is 0 Å². The maximum absolute atomic E-state index is 2.67. The second-order valence-corrected chi connectivity index (χ2v) is 21.1. The van der Waals surface area contributed by atoms with E-state index >= 15 is 0 Å². The summed E-state index contributed by atoms with van der Waals surface area (Å²) in [5.41, 5.74) is 20.2. The van der Waals surface area contributed by atoms with Gasteiger partial charge in [-0.25, -0.2) is 0 Å². The molecule has 368 valence electrons. The molecule has 0 N–H and O–H groups in total. The third-order valence-electron chi connectivity index (χ3n) is 17.1. The molecule has 1 aliphatic rings. The number of hydrogen-bond acceptors (Lipinski definition) is 1. The van der Waals surface area contributed by atoms with Crippen LogP contribution in [0.5, 0.6) is 0 Å². The van der Waals surface area contributed by atoms with Crippen LogP contribution in [0.4, 0.5) is 17.1 Å². The first-order valence-electron chi connectivity index (χ1n) is 27.8. The summed E-state index contributed by atoms with van der Waals surface area (Å²) in [5, 5.41) is 10.1. The zero-order valence-corrected chi connectivity index (χ0v) is 43.7. The molecule has 11 aromatic carbocycles. The minimum atomic E-state index is -0.210. The molecular weight excluding hydrogens is 919 g/mol. The summed E-state index contributed by atoms with van der Waals surface area (Å²) < 4.78 is 4.98. The van der Waals surface area contributed by atoms with Crippen LogP contribution in [-0.4, -0.2) is 9.13 Å². The zero-order chi connectivity index (χ0) is 50.9. The van der Waals surface area contributed by atoms with Gasteiger partial charge in [-0.1, -0.05) is 209 Å². The zero-order valence-electron chi connectivity index (χ0n) is 43.7.